The van der Waals surface area contributed by atoms with E-state index in [9.17, 15) is 8.42 Å². The van der Waals surface area contributed by atoms with Crippen molar-refractivity contribution in [2.45, 2.75) is 24.7 Å². The number of benzene rings is 2. The number of nitrogens with zero attached hydrogens (tertiary/aromatic N) is 2. The molecule has 1 heterocycles. The summed E-state index contributed by atoms with van der Waals surface area (Å²) >= 11 is 0. The Morgan fingerprint density at radius 1 is 1.00 bits per heavy atom. The van der Waals surface area contributed by atoms with Crippen LogP contribution in [0.15, 0.2) is 64.5 Å². The van der Waals surface area contributed by atoms with Crippen LogP contribution in [0.5, 0.6) is 0 Å². The van der Waals surface area contributed by atoms with Gasteiger partial charge in [0, 0.05) is 19.3 Å². The molecule has 1 saturated heterocycles. The summed E-state index contributed by atoms with van der Waals surface area (Å²) in [7, 11) is -3.39. The molecule has 0 radical (unpaired) electrons. The fourth-order valence-electron chi connectivity index (χ4n) is 2.77. The predicted molar refractivity (Wildman–Crippen MR) is 97.3 cm³/mol. The van der Waals surface area contributed by atoms with E-state index in [0.717, 1.165) is 24.1 Å². The lowest BCUT2D eigenvalue weighted by Gasteiger charge is -2.29. The first kappa shape index (κ1) is 16.9. The first-order valence-electron chi connectivity index (χ1n) is 8.25. The van der Waals surface area contributed by atoms with Gasteiger partial charge in [0.25, 0.3) is 0 Å². The van der Waals surface area contributed by atoms with Crippen molar-refractivity contribution < 1.29 is 8.42 Å². The Morgan fingerprint density at radius 2 is 1.62 bits per heavy atom. The van der Waals surface area contributed by atoms with Gasteiger partial charge in [-0.3, -0.25) is 4.99 Å². The van der Waals surface area contributed by atoms with E-state index in [1.807, 2.05) is 30.3 Å². The molecular formula is C19H22N2O2S. The molecule has 3 rings (SSSR count). The molecule has 0 atom stereocenters. The Bertz CT molecular complexity index is 791. The third kappa shape index (κ3) is 3.91. The third-order valence-electron chi connectivity index (χ3n) is 4.38. The van der Waals surface area contributed by atoms with E-state index in [-0.39, 0.29) is 0 Å². The standard InChI is InChI=1S/C19H22N2O2S/c1-16-11-13-21(14-12-16)24(22,23)19-9-7-18(8-10-19)20-15-17-5-3-2-4-6-17/h2-10,15-16H,11-14H2,1H3. The highest BCUT2D eigenvalue weighted by Gasteiger charge is 2.27. The second-order valence-electron chi connectivity index (χ2n) is 6.25. The lowest BCUT2D eigenvalue weighted by atomic mass is 10.0. The highest BCUT2D eigenvalue weighted by Crippen LogP contribution is 2.24. The molecule has 5 heteroatoms. The van der Waals surface area contributed by atoms with Crippen molar-refractivity contribution in [1.29, 1.82) is 0 Å². The zero-order valence-electron chi connectivity index (χ0n) is 13.8. The van der Waals surface area contributed by atoms with Crippen LogP contribution in [0.25, 0.3) is 0 Å². The molecule has 1 aliphatic rings. The molecule has 0 bridgehead atoms. The number of sulfonamides is 1. The molecule has 0 aromatic heterocycles. The quantitative estimate of drug-likeness (QED) is 0.792. The molecule has 0 amide bonds. The molecule has 0 spiro atoms. The zero-order chi connectivity index (χ0) is 17.0. The van der Waals surface area contributed by atoms with E-state index in [1.165, 1.54) is 0 Å². The summed E-state index contributed by atoms with van der Waals surface area (Å²) < 4.78 is 26.9. The van der Waals surface area contributed by atoms with Gasteiger partial charge in [-0.05, 0) is 48.6 Å². The summed E-state index contributed by atoms with van der Waals surface area (Å²) in [6, 6.07) is 16.6. The van der Waals surface area contributed by atoms with Crippen LogP contribution in [-0.4, -0.2) is 32.0 Å². The average molecular weight is 342 g/mol. The molecule has 126 valence electrons. The van der Waals surface area contributed by atoms with Crippen molar-refractivity contribution in [3.05, 3.63) is 60.2 Å². The monoisotopic (exact) mass is 342 g/mol. The van der Waals surface area contributed by atoms with E-state index in [2.05, 4.69) is 11.9 Å². The lowest BCUT2D eigenvalue weighted by molar-refractivity contribution is 0.288. The van der Waals surface area contributed by atoms with Crippen LogP contribution in [0, 0.1) is 5.92 Å². The van der Waals surface area contributed by atoms with Gasteiger partial charge >= 0.3 is 0 Å². The second-order valence-corrected chi connectivity index (χ2v) is 8.19. The zero-order valence-corrected chi connectivity index (χ0v) is 14.6. The van der Waals surface area contributed by atoms with Crippen molar-refractivity contribution in [3.8, 4) is 0 Å². The van der Waals surface area contributed by atoms with E-state index in [4.69, 9.17) is 0 Å². The number of aliphatic imine (C=N–C) groups is 1. The minimum Gasteiger partial charge on any atom is -0.256 e. The van der Waals surface area contributed by atoms with Crippen molar-refractivity contribution >= 4 is 21.9 Å². The fraction of sp³-hybridized carbons (Fsp3) is 0.316. The minimum atomic E-state index is -3.39. The number of hydrogen-bond acceptors (Lipinski definition) is 3. The maximum absolute atomic E-state index is 12.7. The van der Waals surface area contributed by atoms with Crippen LogP contribution >= 0.6 is 0 Å². The van der Waals surface area contributed by atoms with Crippen LogP contribution in [0.1, 0.15) is 25.3 Å². The molecule has 0 saturated carbocycles. The third-order valence-corrected chi connectivity index (χ3v) is 6.29. The van der Waals surface area contributed by atoms with Gasteiger partial charge in [-0.25, -0.2) is 8.42 Å². The molecule has 2 aromatic rings. The fourth-order valence-corrected chi connectivity index (χ4v) is 4.24. The smallest absolute Gasteiger partial charge is 0.243 e. The van der Waals surface area contributed by atoms with E-state index in [0.29, 0.717) is 23.9 Å². The normalized spacial score (nSPS) is 17.4. The summed E-state index contributed by atoms with van der Waals surface area (Å²) in [5, 5.41) is 0. The molecule has 0 unspecified atom stereocenters. The molecule has 1 aliphatic heterocycles. The molecule has 0 N–H and O–H groups in total. The van der Waals surface area contributed by atoms with Crippen molar-refractivity contribution in [2.75, 3.05) is 13.1 Å². The molecule has 4 nitrogen and oxygen atoms in total. The topological polar surface area (TPSA) is 49.7 Å². The predicted octanol–water partition coefficient (Wildman–Crippen LogP) is 3.86. The van der Waals surface area contributed by atoms with Gasteiger partial charge in [-0.15, -0.1) is 0 Å². The maximum atomic E-state index is 12.7. The number of hydrogen-bond donors (Lipinski definition) is 0. The van der Waals surface area contributed by atoms with Gasteiger partial charge in [0.05, 0.1) is 10.6 Å². The van der Waals surface area contributed by atoms with Gasteiger partial charge in [0.15, 0.2) is 0 Å². The number of rotatable bonds is 4. The van der Waals surface area contributed by atoms with E-state index in [1.54, 1.807) is 34.8 Å². The summed E-state index contributed by atoms with van der Waals surface area (Å²) in [5.74, 6) is 0.603. The van der Waals surface area contributed by atoms with Crippen molar-refractivity contribution in [2.24, 2.45) is 10.9 Å². The van der Waals surface area contributed by atoms with Gasteiger partial charge in [-0.2, -0.15) is 4.31 Å². The van der Waals surface area contributed by atoms with Crippen LogP contribution < -0.4 is 0 Å². The van der Waals surface area contributed by atoms with Gasteiger partial charge in [-0.1, -0.05) is 37.3 Å². The van der Waals surface area contributed by atoms with Gasteiger partial charge in [0.2, 0.25) is 10.0 Å². The molecule has 24 heavy (non-hydrogen) atoms. The van der Waals surface area contributed by atoms with Crippen LogP contribution in [0.3, 0.4) is 0 Å². The minimum absolute atomic E-state index is 0.343. The largest absolute Gasteiger partial charge is 0.256 e. The first-order chi connectivity index (χ1) is 11.6. The summed E-state index contributed by atoms with van der Waals surface area (Å²) in [6.07, 6.45) is 3.63. The van der Waals surface area contributed by atoms with Crippen molar-refractivity contribution in [3.63, 3.8) is 0 Å². The lowest BCUT2D eigenvalue weighted by Crippen LogP contribution is -2.37. The summed E-state index contributed by atoms with van der Waals surface area (Å²) in [6.45, 7) is 3.39. The van der Waals surface area contributed by atoms with Crippen LogP contribution in [0.2, 0.25) is 0 Å². The Kier molecular flexibility index (Phi) is 5.11. The van der Waals surface area contributed by atoms with Crippen LogP contribution in [-0.2, 0) is 10.0 Å². The molecule has 2 aromatic carbocycles. The Morgan fingerprint density at radius 3 is 2.25 bits per heavy atom. The van der Waals surface area contributed by atoms with Crippen molar-refractivity contribution in [1.82, 2.24) is 4.31 Å². The molecule has 0 aliphatic carbocycles. The Hall–Kier alpha value is -1.98. The second kappa shape index (κ2) is 7.28. The maximum Gasteiger partial charge on any atom is 0.243 e. The Balaban J connectivity index is 1.73. The SMILES string of the molecule is CC1CCN(S(=O)(=O)c2ccc(N=Cc3ccccc3)cc2)CC1. The highest BCUT2D eigenvalue weighted by molar-refractivity contribution is 7.89. The van der Waals surface area contributed by atoms with Crippen LogP contribution in [0.4, 0.5) is 5.69 Å². The van der Waals surface area contributed by atoms with Gasteiger partial charge in [0.1, 0.15) is 0 Å². The van der Waals surface area contributed by atoms with Gasteiger partial charge < -0.3 is 0 Å². The molecular weight excluding hydrogens is 320 g/mol. The average Bonchev–Trinajstić information content (AvgIpc) is 2.61. The molecule has 1 fully saturated rings. The van der Waals surface area contributed by atoms with E-state index >= 15 is 0 Å². The first-order valence-corrected chi connectivity index (χ1v) is 9.69. The summed E-state index contributed by atoms with van der Waals surface area (Å²) in [5.41, 5.74) is 1.75. The highest BCUT2D eigenvalue weighted by atomic mass is 32.2. The Labute approximate surface area is 143 Å². The summed E-state index contributed by atoms with van der Waals surface area (Å²) in [4.78, 5) is 4.73. The number of piperidine rings is 1. The van der Waals surface area contributed by atoms with E-state index < -0.39 is 10.0 Å².